The Balaban J connectivity index is 1.77. The van der Waals surface area contributed by atoms with Gasteiger partial charge in [-0.05, 0) is 30.0 Å². The number of hydrogen-bond acceptors (Lipinski definition) is 4. The fourth-order valence-electron chi connectivity index (χ4n) is 3.14. The predicted molar refractivity (Wildman–Crippen MR) is 98.4 cm³/mol. The zero-order valence-corrected chi connectivity index (χ0v) is 15.6. The third-order valence-corrected chi connectivity index (χ3v) is 4.49. The molecule has 26 heavy (non-hydrogen) atoms. The minimum Gasteiger partial charge on any atom is -0.387 e. The highest BCUT2D eigenvalue weighted by atomic mass is 19.1. The Hall–Kier alpha value is -1.70. The quantitative estimate of drug-likeness (QED) is 0.656. The van der Waals surface area contributed by atoms with E-state index in [-0.39, 0.29) is 18.6 Å². The van der Waals surface area contributed by atoms with Crippen LogP contribution in [-0.4, -0.2) is 61.5 Å². The normalized spacial score (nSPS) is 17.7. The summed E-state index contributed by atoms with van der Waals surface area (Å²) in [5.41, 5.74) is 0.441. The topological polar surface area (TPSA) is 73.8 Å². The van der Waals surface area contributed by atoms with Crippen LogP contribution in [0.3, 0.4) is 0 Å². The Morgan fingerprint density at radius 3 is 2.62 bits per heavy atom. The molecule has 0 saturated carbocycles. The summed E-state index contributed by atoms with van der Waals surface area (Å²) in [5, 5.41) is 15.6. The average molecular weight is 367 g/mol. The molecule has 0 bridgehead atoms. The van der Waals surface area contributed by atoms with Gasteiger partial charge in [0.05, 0.1) is 19.3 Å². The molecule has 0 spiro atoms. The number of rotatable bonds is 8. The number of nitrogens with zero attached hydrogens (tertiary/aromatic N) is 1. The van der Waals surface area contributed by atoms with E-state index in [0.717, 1.165) is 32.7 Å². The zero-order chi connectivity index (χ0) is 18.9. The van der Waals surface area contributed by atoms with E-state index in [1.54, 1.807) is 6.07 Å². The van der Waals surface area contributed by atoms with Gasteiger partial charge >= 0.3 is 6.03 Å². The SMILES string of the molecule is CC(C)CC(CNC(=O)NCC(O)c1cccc(F)c1)N1CCOCC1. The highest BCUT2D eigenvalue weighted by Crippen LogP contribution is 2.14. The molecule has 1 aliphatic rings. The van der Waals surface area contributed by atoms with Gasteiger partial charge in [0, 0.05) is 32.2 Å². The maximum Gasteiger partial charge on any atom is 0.314 e. The van der Waals surface area contributed by atoms with E-state index in [9.17, 15) is 14.3 Å². The number of halogens is 1. The van der Waals surface area contributed by atoms with Gasteiger partial charge in [-0.25, -0.2) is 9.18 Å². The lowest BCUT2D eigenvalue weighted by Gasteiger charge is -2.35. The molecule has 2 atom stereocenters. The maximum atomic E-state index is 13.2. The second-order valence-electron chi connectivity index (χ2n) is 7.09. The second-order valence-corrected chi connectivity index (χ2v) is 7.09. The fourth-order valence-corrected chi connectivity index (χ4v) is 3.14. The number of carbonyl (C=O) groups is 1. The Kier molecular flexibility index (Phi) is 8.28. The summed E-state index contributed by atoms with van der Waals surface area (Å²) in [5.74, 6) is 0.121. The summed E-state index contributed by atoms with van der Waals surface area (Å²) in [6, 6.07) is 5.68. The molecular formula is C19H30FN3O3. The van der Waals surface area contributed by atoms with Crippen LogP contribution in [0.5, 0.6) is 0 Å². The second kappa shape index (κ2) is 10.4. The molecule has 1 saturated heterocycles. The van der Waals surface area contributed by atoms with Crippen molar-refractivity contribution in [2.75, 3.05) is 39.4 Å². The number of hydrogen-bond donors (Lipinski definition) is 3. The Bertz CT molecular complexity index is 565. The van der Waals surface area contributed by atoms with E-state index in [0.29, 0.717) is 18.0 Å². The van der Waals surface area contributed by atoms with Crippen LogP contribution in [0.2, 0.25) is 0 Å². The summed E-state index contributed by atoms with van der Waals surface area (Å²) < 4.78 is 18.6. The predicted octanol–water partition coefficient (Wildman–Crippen LogP) is 1.91. The van der Waals surface area contributed by atoms with Crippen molar-refractivity contribution in [1.29, 1.82) is 0 Å². The average Bonchev–Trinajstić information content (AvgIpc) is 2.63. The van der Waals surface area contributed by atoms with Crippen LogP contribution in [0.4, 0.5) is 9.18 Å². The maximum absolute atomic E-state index is 13.2. The van der Waals surface area contributed by atoms with E-state index in [2.05, 4.69) is 29.4 Å². The van der Waals surface area contributed by atoms with Crippen molar-refractivity contribution in [3.05, 3.63) is 35.6 Å². The molecule has 6 nitrogen and oxygen atoms in total. The number of ether oxygens (including phenoxy) is 1. The summed E-state index contributed by atoms with van der Waals surface area (Å²) in [6.45, 7) is 8.10. The number of aliphatic hydroxyl groups excluding tert-OH is 1. The monoisotopic (exact) mass is 367 g/mol. The molecule has 7 heteroatoms. The van der Waals surface area contributed by atoms with Gasteiger partial charge in [0.2, 0.25) is 0 Å². The molecule has 146 valence electrons. The minimum absolute atomic E-state index is 0.0295. The molecule has 0 aromatic heterocycles. The minimum atomic E-state index is -0.942. The van der Waals surface area contributed by atoms with E-state index in [4.69, 9.17) is 4.74 Å². The van der Waals surface area contributed by atoms with E-state index < -0.39 is 11.9 Å². The number of benzene rings is 1. The molecule has 1 heterocycles. The Labute approximate surface area is 154 Å². The summed E-state index contributed by atoms with van der Waals surface area (Å²) in [7, 11) is 0. The van der Waals surface area contributed by atoms with Crippen molar-refractivity contribution in [1.82, 2.24) is 15.5 Å². The van der Waals surface area contributed by atoms with Crippen molar-refractivity contribution >= 4 is 6.03 Å². The first kappa shape index (κ1) is 20.6. The van der Waals surface area contributed by atoms with Crippen molar-refractivity contribution in [2.45, 2.75) is 32.4 Å². The molecule has 2 amide bonds. The lowest BCUT2D eigenvalue weighted by Crippen LogP contribution is -2.50. The van der Waals surface area contributed by atoms with Gasteiger partial charge in [-0.2, -0.15) is 0 Å². The van der Waals surface area contributed by atoms with Crippen molar-refractivity contribution in [3.63, 3.8) is 0 Å². The first-order valence-corrected chi connectivity index (χ1v) is 9.22. The molecule has 1 aromatic carbocycles. The Morgan fingerprint density at radius 2 is 1.96 bits per heavy atom. The van der Waals surface area contributed by atoms with Gasteiger partial charge < -0.3 is 20.5 Å². The third-order valence-electron chi connectivity index (χ3n) is 4.49. The van der Waals surface area contributed by atoms with Crippen LogP contribution in [0.25, 0.3) is 0 Å². The number of nitrogens with one attached hydrogen (secondary N) is 2. The largest absolute Gasteiger partial charge is 0.387 e. The van der Waals surface area contributed by atoms with Crippen LogP contribution in [-0.2, 0) is 4.74 Å². The number of carbonyl (C=O) groups excluding carboxylic acids is 1. The molecular weight excluding hydrogens is 337 g/mol. The standard InChI is InChI=1S/C19H30FN3O3/c1-14(2)10-17(23-6-8-26-9-7-23)12-21-19(25)22-13-18(24)15-4-3-5-16(20)11-15/h3-5,11,14,17-18,24H,6-10,12-13H2,1-2H3,(H2,21,22,25). The van der Waals surface area contributed by atoms with Gasteiger partial charge in [-0.1, -0.05) is 26.0 Å². The molecule has 1 fully saturated rings. The van der Waals surface area contributed by atoms with Gasteiger partial charge in [-0.15, -0.1) is 0 Å². The fraction of sp³-hybridized carbons (Fsp3) is 0.632. The zero-order valence-electron chi connectivity index (χ0n) is 15.6. The molecule has 1 aromatic rings. The first-order valence-electron chi connectivity index (χ1n) is 9.22. The highest BCUT2D eigenvalue weighted by molar-refractivity contribution is 5.73. The van der Waals surface area contributed by atoms with Gasteiger partial charge in [-0.3, -0.25) is 4.90 Å². The molecule has 2 unspecified atom stereocenters. The van der Waals surface area contributed by atoms with E-state index >= 15 is 0 Å². The lowest BCUT2D eigenvalue weighted by molar-refractivity contribution is 0.0129. The van der Waals surface area contributed by atoms with Crippen LogP contribution in [0.1, 0.15) is 31.9 Å². The summed E-state index contributed by atoms with van der Waals surface area (Å²) >= 11 is 0. The first-order chi connectivity index (χ1) is 12.5. The molecule has 1 aliphatic heterocycles. The molecule has 0 aliphatic carbocycles. The highest BCUT2D eigenvalue weighted by Gasteiger charge is 2.22. The van der Waals surface area contributed by atoms with Crippen molar-refractivity contribution in [3.8, 4) is 0 Å². The molecule has 0 radical (unpaired) electrons. The van der Waals surface area contributed by atoms with E-state index in [1.165, 1.54) is 18.2 Å². The van der Waals surface area contributed by atoms with E-state index in [1.807, 2.05) is 0 Å². The van der Waals surface area contributed by atoms with Crippen molar-refractivity contribution in [2.24, 2.45) is 5.92 Å². The summed E-state index contributed by atoms with van der Waals surface area (Å²) in [4.78, 5) is 14.4. The summed E-state index contributed by atoms with van der Waals surface area (Å²) in [6.07, 6.45) is 0.0498. The smallest absolute Gasteiger partial charge is 0.314 e. The Morgan fingerprint density at radius 1 is 1.27 bits per heavy atom. The number of urea groups is 1. The van der Waals surface area contributed by atoms with Gasteiger partial charge in [0.25, 0.3) is 0 Å². The lowest BCUT2D eigenvalue weighted by atomic mass is 10.0. The number of amides is 2. The van der Waals surface area contributed by atoms with Crippen LogP contribution < -0.4 is 10.6 Å². The molecule has 2 rings (SSSR count). The van der Waals surface area contributed by atoms with Crippen LogP contribution >= 0.6 is 0 Å². The van der Waals surface area contributed by atoms with Crippen molar-refractivity contribution < 1.29 is 19.0 Å². The van der Waals surface area contributed by atoms with Crippen LogP contribution in [0.15, 0.2) is 24.3 Å². The van der Waals surface area contributed by atoms with Gasteiger partial charge in [0.15, 0.2) is 0 Å². The van der Waals surface area contributed by atoms with Gasteiger partial charge in [0.1, 0.15) is 5.82 Å². The van der Waals surface area contributed by atoms with Crippen LogP contribution in [0, 0.1) is 11.7 Å². The molecule has 3 N–H and O–H groups in total. The number of aliphatic hydroxyl groups is 1. The number of morpholine rings is 1. The third kappa shape index (κ3) is 6.90.